The van der Waals surface area contributed by atoms with Crippen molar-refractivity contribution < 1.29 is 19.2 Å². The summed E-state index contributed by atoms with van der Waals surface area (Å²) in [4.78, 5) is 34.0. The predicted octanol–water partition coefficient (Wildman–Crippen LogP) is -0.814. The van der Waals surface area contributed by atoms with Gasteiger partial charge in [-0.25, -0.2) is 20.0 Å². The Morgan fingerprint density at radius 3 is 2.75 bits per heavy atom. The van der Waals surface area contributed by atoms with Crippen LogP contribution in [0.2, 0.25) is 0 Å². The van der Waals surface area contributed by atoms with Crippen LogP contribution in [0.3, 0.4) is 0 Å². The molecule has 0 spiro atoms. The molecule has 1 aromatic carbocycles. The standard InChI is InChI=1S/C11H10N4O5/c12-13-9(16)8-14-20-11(19)15(8)5-6-3-1-2-4-7(6)10(17)18/h1-4H,5,12H2,(H,13,16)(H,17,18). The van der Waals surface area contributed by atoms with Gasteiger partial charge in [0.05, 0.1) is 12.1 Å². The van der Waals surface area contributed by atoms with Crippen LogP contribution >= 0.6 is 0 Å². The van der Waals surface area contributed by atoms with Crippen LogP contribution in [0.4, 0.5) is 0 Å². The van der Waals surface area contributed by atoms with E-state index in [-0.39, 0.29) is 17.9 Å². The first-order chi connectivity index (χ1) is 9.54. The number of nitrogens with one attached hydrogen (secondary N) is 1. The second-order valence-corrected chi connectivity index (χ2v) is 3.79. The van der Waals surface area contributed by atoms with Crippen LogP contribution in [-0.2, 0) is 6.54 Å². The molecule has 0 saturated heterocycles. The van der Waals surface area contributed by atoms with Crippen molar-refractivity contribution in [1.82, 2.24) is 15.1 Å². The molecule has 0 saturated carbocycles. The Hall–Kier alpha value is -2.94. The number of hydrogen-bond acceptors (Lipinski definition) is 6. The highest BCUT2D eigenvalue weighted by atomic mass is 16.5. The van der Waals surface area contributed by atoms with Crippen molar-refractivity contribution in [1.29, 1.82) is 0 Å². The van der Waals surface area contributed by atoms with E-state index in [1.807, 2.05) is 5.43 Å². The van der Waals surface area contributed by atoms with Crippen molar-refractivity contribution in [2.75, 3.05) is 0 Å². The molecule has 0 atom stereocenters. The minimum Gasteiger partial charge on any atom is -0.478 e. The van der Waals surface area contributed by atoms with Gasteiger partial charge in [-0.2, -0.15) is 0 Å². The lowest BCUT2D eigenvalue weighted by atomic mass is 10.1. The van der Waals surface area contributed by atoms with Crippen LogP contribution in [0.1, 0.15) is 26.5 Å². The number of benzene rings is 1. The molecule has 20 heavy (non-hydrogen) atoms. The van der Waals surface area contributed by atoms with Crippen molar-refractivity contribution in [3.63, 3.8) is 0 Å². The number of hydrogen-bond donors (Lipinski definition) is 3. The van der Waals surface area contributed by atoms with Crippen molar-refractivity contribution in [2.45, 2.75) is 6.54 Å². The van der Waals surface area contributed by atoms with Crippen LogP contribution in [0.15, 0.2) is 33.6 Å². The molecule has 2 aromatic rings. The third kappa shape index (κ3) is 2.42. The fourth-order valence-electron chi connectivity index (χ4n) is 1.67. The molecule has 4 N–H and O–H groups in total. The number of rotatable bonds is 4. The van der Waals surface area contributed by atoms with Crippen molar-refractivity contribution in [2.24, 2.45) is 5.84 Å². The maximum atomic E-state index is 11.5. The second kappa shape index (κ2) is 5.36. The van der Waals surface area contributed by atoms with E-state index in [2.05, 4.69) is 9.68 Å². The maximum Gasteiger partial charge on any atom is 0.442 e. The minimum atomic E-state index is -1.14. The smallest absolute Gasteiger partial charge is 0.442 e. The number of aromatic nitrogens is 2. The van der Waals surface area contributed by atoms with Gasteiger partial charge in [0.25, 0.3) is 0 Å². The summed E-state index contributed by atoms with van der Waals surface area (Å²) in [5.74, 6) is 1.78. The molecule has 9 heteroatoms. The first-order valence-corrected chi connectivity index (χ1v) is 5.43. The summed E-state index contributed by atoms with van der Waals surface area (Å²) in [7, 11) is 0. The fourth-order valence-corrected chi connectivity index (χ4v) is 1.67. The van der Waals surface area contributed by atoms with Gasteiger partial charge >= 0.3 is 17.6 Å². The Kier molecular flexibility index (Phi) is 3.62. The molecule has 0 aliphatic heterocycles. The first kappa shape index (κ1) is 13.5. The molecule has 1 aromatic heterocycles. The molecule has 0 bridgehead atoms. The summed E-state index contributed by atoms with van der Waals surface area (Å²) in [6.07, 6.45) is 0. The van der Waals surface area contributed by atoms with E-state index in [0.717, 1.165) is 4.57 Å². The van der Waals surface area contributed by atoms with E-state index in [9.17, 15) is 14.4 Å². The van der Waals surface area contributed by atoms with Crippen molar-refractivity contribution >= 4 is 11.9 Å². The summed E-state index contributed by atoms with van der Waals surface area (Å²) in [6, 6.07) is 6.08. The van der Waals surface area contributed by atoms with Gasteiger partial charge in [0.1, 0.15) is 0 Å². The van der Waals surface area contributed by atoms with E-state index < -0.39 is 17.6 Å². The lowest BCUT2D eigenvalue weighted by molar-refractivity contribution is 0.0695. The molecule has 0 aliphatic rings. The van der Waals surface area contributed by atoms with Crippen LogP contribution in [0, 0.1) is 0 Å². The monoisotopic (exact) mass is 278 g/mol. The molecular weight excluding hydrogens is 268 g/mol. The van der Waals surface area contributed by atoms with E-state index in [1.54, 1.807) is 12.1 Å². The van der Waals surface area contributed by atoms with Gasteiger partial charge < -0.3 is 5.11 Å². The summed E-state index contributed by atoms with van der Waals surface area (Å²) < 4.78 is 5.28. The van der Waals surface area contributed by atoms with Gasteiger partial charge in [-0.3, -0.25) is 14.7 Å². The number of carboxylic acid groups (broad SMARTS) is 1. The number of nitrogen functional groups attached to an aromatic ring is 1. The highest BCUT2D eigenvalue weighted by Gasteiger charge is 2.19. The normalized spacial score (nSPS) is 10.2. The van der Waals surface area contributed by atoms with Gasteiger partial charge in [0.15, 0.2) is 0 Å². The minimum absolute atomic E-state index is 0.0136. The van der Waals surface area contributed by atoms with E-state index >= 15 is 0 Å². The zero-order valence-electron chi connectivity index (χ0n) is 10.1. The Labute approximate surface area is 111 Å². The Balaban J connectivity index is 2.46. The molecule has 2 rings (SSSR count). The highest BCUT2D eigenvalue weighted by molar-refractivity contribution is 5.90. The largest absolute Gasteiger partial charge is 0.478 e. The zero-order chi connectivity index (χ0) is 14.7. The summed E-state index contributed by atoms with van der Waals surface area (Å²) in [6.45, 7) is -0.173. The van der Waals surface area contributed by atoms with Crippen LogP contribution in [-0.4, -0.2) is 26.7 Å². The number of carbonyl (C=O) groups excluding carboxylic acids is 1. The molecule has 1 amide bonds. The molecule has 104 valence electrons. The molecule has 0 radical (unpaired) electrons. The van der Waals surface area contributed by atoms with Crippen LogP contribution < -0.4 is 17.0 Å². The number of carboxylic acids is 1. The predicted molar refractivity (Wildman–Crippen MR) is 64.9 cm³/mol. The zero-order valence-corrected chi connectivity index (χ0v) is 10.1. The van der Waals surface area contributed by atoms with Gasteiger partial charge in [0, 0.05) is 0 Å². The number of amides is 1. The number of hydrazine groups is 1. The molecule has 1 heterocycles. The molecule has 0 fully saturated rings. The molecule has 0 unspecified atom stereocenters. The number of nitrogens with zero attached hydrogens (tertiary/aromatic N) is 2. The van der Waals surface area contributed by atoms with Crippen LogP contribution in [0.5, 0.6) is 0 Å². The second-order valence-electron chi connectivity index (χ2n) is 3.79. The summed E-state index contributed by atoms with van der Waals surface area (Å²) >= 11 is 0. The van der Waals surface area contributed by atoms with Crippen LogP contribution in [0.25, 0.3) is 0 Å². The molecule has 0 aliphatic carbocycles. The SMILES string of the molecule is NNC(=O)c1noc(=O)n1Cc1ccccc1C(=O)O. The lowest BCUT2D eigenvalue weighted by Gasteiger charge is -2.06. The van der Waals surface area contributed by atoms with E-state index in [1.165, 1.54) is 12.1 Å². The highest BCUT2D eigenvalue weighted by Crippen LogP contribution is 2.10. The van der Waals surface area contributed by atoms with Gasteiger partial charge in [0.2, 0.25) is 5.82 Å². The first-order valence-electron chi connectivity index (χ1n) is 5.43. The topological polar surface area (TPSA) is 140 Å². The average molecular weight is 278 g/mol. The number of nitrogens with two attached hydrogens (primary N) is 1. The lowest BCUT2D eigenvalue weighted by Crippen LogP contribution is -2.34. The molecule has 9 nitrogen and oxygen atoms in total. The molecular formula is C11H10N4O5. The third-order valence-electron chi connectivity index (χ3n) is 2.60. The third-order valence-corrected chi connectivity index (χ3v) is 2.60. The Morgan fingerprint density at radius 2 is 2.10 bits per heavy atom. The average Bonchev–Trinajstić information content (AvgIpc) is 2.80. The van der Waals surface area contributed by atoms with Gasteiger partial charge in [-0.1, -0.05) is 18.2 Å². The van der Waals surface area contributed by atoms with Gasteiger partial charge in [-0.05, 0) is 16.8 Å². The van der Waals surface area contributed by atoms with Crippen molar-refractivity contribution in [3.05, 3.63) is 51.8 Å². The van der Waals surface area contributed by atoms with E-state index in [0.29, 0.717) is 5.56 Å². The number of carbonyl (C=O) groups is 2. The Bertz CT molecular complexity index is 718. The fraction of sp³-hybridized carbons (Fsp3) is 0.0909. The quantitative estimate of drug-likeness (QED) is 0.377. The van der Waals surface area contributed by atoms with Crippen molar-refractivity contribution in [3.8, 4) is 0 Å². The van der Waals surface area contributed by atoms with Gasteiger partial charge in [-0.15, -0.1) is 0 Å². The summed E-state index contributed by atoms with van der Waals surface area (Å²) in [5, 5.41) is 12.4. The number of aromatic carboxylic acids is 1. The Morgan fingerprint density at radius 1 is 1.40 bits per heavy atom. The maximum absolute atomic E-state index is 11.5. The summed E-state index contributed by atoms with van der Waals surface area (Å²) in [5.41, 5.74) is 2.16. The van der Waals surface area contributed by atoms with E-state index in [4.69, 9.17) is 10.9 Å².